The van der Waals surface area contributed by atoms with Crippen LogP contribution in [0.3, 0.4) is 0 Å². The first-order valence-electron chi connectivity index (χ1n) is 7.77. The summed E-state index contributed by atoms with van der Waals surface area (Å²) in [4.78, 5) is 4.66. The van der Waals surface area contributed by atoms with Crippen molar-refractivity contribution in [1.82, 2.24) is 4.90 Å². The number of rotatable bonds is 5. The third-order valence-corrected chi connectivity index (χ3v) is 4.05. The van der Waals surface area contributed by atoms with Crippen LogP contribution in [0.15, 0.2) is 12.1 Å². The maximum absolute atomic E-state index is 13.9. The van der Waals surface area contributed by atoms with Crippen LogP contribution in [0.5, 0.6) is 5.75 Å². The molecule has 1 aromatic carbocycles. The molecular formula is C16H26FN3O. The van der Waals surface area contributed by atoms with Crippen LogP contribution in [0, 0.1) is 5.82 Å². The molecular weight excluding hydrogens is 269 g/mol. The van der Waals surface area contributed by atoms with E-state index >= 15 is 0 Å². The van der Waals surface area contributed by atoms with E-state index in [4.69, 9.17) is 10.5 Å². The fraction of sp³-hybridized carbons (Fsp3) is 0.625. The van der Waals surface area contributed by atoms with E-state index in [0.29, 0.717) is 24.1 Å². The van der Waals surface area contributed by atoms with Crippen molar-refractivity contribution in [2.24, 2.45) is 0 Å². The molecule has 0 saturated carbocycles. The summed E-state index contributed by atoms with van der Waals surface area (Å²) < 4.78 is 19.4. The van der Waals surface area contributed by atoms with Crippen LogP contribution in [0.2, 0.25) is 0 Å². The van der Waals surface area contributed by atoms with Gasteiger partial charge < -0.3 is 15.4 Å². The van der Waals surface area contributed by atoms with Gasteiger partial charge in [-0.1, -0.05) is 13.8 Å². The third-order valence-electron chi connectivity index (χ3n) is 4.05. The Morgan fingerprint density at radius 3 is 2.71 bits per heavy atom. The number of nitrogens with two attached hydrogens (primary N) is 1. The number of piperazine rings is 1. The molecule has 1 heterocycles. The summed E-state index contributed by atoms with van der Waals surface area (Å²) in [5, 5.41) is 0. The molecule has 118 valence electrons. The molecule has 0 amide bonds. The minimum absolute atomic E-state index is 0.298. The predicted octanol–water partition coefficient (Wildman–Crippen LogP) is 2.73. The molecule has 1 saturated heterocycles. The lowest BCUT2D eigenvalue weighted by atomic mass is 10.1. The quantitative estimate of drug-likeness (QED) is 0.848. The summed E-state index contributed by atoms with van der Waals surface area (Å²) in [5.74, 6) is -0.0865. The standard InChI is InChI=1S/C16H26FN3O/c1-4-8-21-16-10-15(14(18)9-13(16)17)20-7-6-19(5-2)12(3)11-20/h9-10,12H,4-8,11,18H2,1-3H3. The fourth-order valence-electron chi connectivity index (χ4n) is 2.84. The van der Waals surface area contributed by atoms with E-state index in [9.17, 15) is 4.39 Å². The third kappa shape index (κ3) is 3.59. The maximum atomic E-state index is 13.9. The van der Waals surface area contributed by atoms with E-state index in [1.54, 1.807) is 6.07 Å². The van der Waals surface area contributed by atoms with Crippen molar-refractivity contribution in [3.8, 4) is 5.75 Å². The molecule has 21 heavy (non-hydrogen) atoms. The van der Waals surface area contributed by atoms with Gasteiger partial charge in [-0.15, -0.1) is 0 Å². The number of anilines is 2. The Morgan fingerprint density at radius 1 is 1.33 bits per heavy atom. The van der Waals surface area contributed by atoms with Gasteiger partial charge >= 0.3 is 0 Å². The molecule has 4 nitrogen and oxygen atoms in total. The van der Waals surface area contributed by atoms with Gasteiger partial charge in [-0.3, -0.25) is 4.90 Å². The number of likely N-dealkylation sites (N-methyl/N-ethyl adjacent to an activating group) is 1. The van der Waals surface area contributed by atoms with Crippen molar-refractivity contribution in [2.75, 3.05) is 43.4 Å². The normalized spacial score (nSPS) is 19.8. The van der Waals surface area contributed by atoms with Gasteiger partial charge in [0.2, 0.25) is 0 Å². The molecule has 0 bridgehead atoms. The highest BCUT2D eigenvalue weighted by atomic mass is 19.1. The Hall–Kier alpha value is -1.49. The van der Waals surface area contributed by atoms with Gasteiger partial charge in [0.15, 0.2) is 11.6 Å². The number of hydrogen-bond donors (Lipinski definition) is 1. The zero-order chi connectivity index (χ0) is 15.4. The lowest BCUT2D eigenvalue weighted by Gasteiger charge is -2.41. The molecule has 0 aliphatic carbocycles. The zero-order valence-corrected chi connectivity index (χ0v) is 13.2. The van der Waals surface area contributed by atoms with Crippen LogP contribution in [-0.2, 0) is 0 Å². The minimum atomic E-state index is -0.384. The fourth-order valence-corrected chi connectivity index (χ4v) is 2.84. The lowest BCUT2D eigenvalue weighted by Crippen LogP contribution is -2.51. The maximum Gasteiger partial charge on any atom is 0.167 e. The van der Waals surface area contributed by atoms with Gasteiger partial charge in [-0.05, 0) is 19.9 Å². The topological polar surface area (TPSA) is 41.7 Å². The Kier molecular flexibility index (Phi) is 5.28. The van der Waals surface area contributed by atoms with Crippen LogP contribution >= 0.6 is 0 Å². The Morgan fingerprint density at radius 2 is 2.10 bits per heavy atom. The SMILES string of the molecule is CCCOc1cc(N2CCN(CC)C(C)C2)c(N)cc1F. The highest BCUT2D eigenvalue weighted by molar-refractivity contribution is 5.70. The first-order chi connectivity index (χ1) is 10.1. The van der Waals surface area contributed by atoms with Crippen molar-refractivity contribution >= 4 is 11.4 Å². The number of nitrogen functional groups attached to an aromatic ring is 1. The highest BCUT2D eigenvalue weighted by Crippen LogP contribution is 2.32. The first-order valence-corrected chi connectivity index (χ1v) is 7.77. The van der Waals surface area contributed by atoms with Gasteiger partial charge in [0.1, 0.15) is 0 Å². The molecule has 5 heteroatoms. The second-order valence-electron chi connectivity index (χ2n) is 5.61. The summed E-state index contributed by atoms with van der Waals surface area (Å²) >= 11 is 0. The summed E-state index contributed by atoms with van der Waals surface area (Å²) in [6, 6.07) is 3.58. The van der Waals surface area contributed by atoms with Crippen molar-refractivity contribution in [3.05, 3.63) is 17.9 Å². The number of ether oxygens (including phenoxy) is 1. The van der Waals surface area contributed by atoms with Gasteiger partial charge in [0.05, 0.1) is 18.0 Å². The van der Waals surface area contributed by atoms with Crippen LogP contribution in [0.1, 0.15) is 27.2 Å². The van der Waals surface area contributed by atoms with Crippen LogP contribution in [0.4, 0.5) is 15.8 Å². The van der Waals surface area contributed by atoms with Crippen LogP contribution < -0.4 is 15.4 Å². The lowest BCUT2D eigenvalue weighted by molar-refractivity contribution is 0.199. The second kappa shape index (κ2) is 6.98. The van der Waals surface area contributed by atoms with E-state index in [1.807, 2.05) is 6.92 Å². The molecule has 1 fully saturated rings. The van der Waals surface area contributed by atoms with E-state index in [2.05, 4.69) is 23.6 Å². The van der Waals surface area contributed by atoms with Gasteiger partial charge in [-0.25, -0.2) is 4.39 Å². The number of hydrogen-bond acceptors (Lipinski definition) is 4. The second-order valence-corrected chi connectivity index (χ2v) is 5.61. The molecule has 1 atom stereocenters. The summed E-state index contributed by atoms with van der Waals surface area (Å²) in [5.41, 5.74) is 7.37. The molecule has 2 rings (SSSR count). The Balaban J connectivity index is 2.19. The summed E-state index contributed by atoms with van der Waals surface area (Å²) in [6.45, 7) is 10.8. The average Bonchev–Trinajstić information content (AvgIpc) is 2.46. The minimum Gasteiger partial charge on any atom is -0.490 e. The van der Waals surface area contributed by atoms with Crippen LogP contribution in [0.25, 0.3) is 0 Å². The van der Waals surface area contributed by atoms with Gasteiger partial charge in [-0.2, -0.15) is 0 Å². The smallest absolute Gasteiger partial charge is 0.167 e. The molecule has 1 aliphatic rings. The first kappa shape index (κ1) is 15.9. The molecule has 1 unspecified atom stereocenters. The highest BCUT2D eigenvalue weighted by Gasteiger charge is 2.24. The van der Waals surface area contributed by atoms with E-state index in [-0.39, 0.29) is 5.82 Å². The zero-order valence-electron chi connectivity index (χ0n) is 13.2. The number of benzene rings is 1. The summed E-state index contributed by atoms with van der Waals surface area (Å²) in [6.07, 6.45) is 0.853. The number of halogens is 1. The Bertz CT molecular complexity index is 481. The Labute approximate surface area is 126 Å². The predicted molar refractivity (Wildman–Crippen MR) is 85.5 cm³/mol. The molecule has 1 aromatic rings. The summed E-state index contributed by atoms with van der Waals surface area (Å²) in [7, 11) is 0. The van der Waals surface area contributed by atoms with Crippen LogP contribution in [-0.4, -0.2) is 43.7 Å². The molecule has 2 N–H and O–H groups in total. The van der Waals surface area contributed by atoms with Crippen molar-refractivity contribution in [3.63, 3.8) is 0 Å². The molecule has 1 aliphatic heterocycles. The van der Waals surface area contributed by atoms with Crippen molar-refractivity contribution in [1.29, 1.82) is 0 Å². The molecule has 0 spiro atoms. The van der Waals surface area contributed by atoms with E-state index in [0.717, 1.165) is 38.3 Å². The largest absolute Gasteiger partial charge is 0.490 e. The number of nitrogens with zero attached hydrogens (tertiary/aromatic N) is 2. The monoisotopic (exact) mass is 295 g/mol. The average molecular weight is 295 g/mol. The van der Waals surface area contributed by atoms with Gasteiger partial charge in [0.25, 0.3) is 0 Å². The van der Waals surface area contributed by atoms with Gasteiger partial charge in [0, 0.05) is 37.8 Å². The molecule has 0 aromatic heterocycles. The van der Waals surface area contributed by atoms with Crippen molar-refractivity contribution < 1.29 is 9.13 Å². The van der Waals surface area contributed by atoms with E-state index in [1.165, 1.54) is 6.07 Å². The van der Waals surface area contributed by atoms with E-state index < -0.39 is 0 Å². The molecule has 0 radical (unpaired) electrons. The van der Waals surface area contributed by atoms with Crippen molar-refractivity contribution in [2.45, 2.75) is 33.2 Å².